The van der Waals surface area contributed by atoms with Crippen LogP contribution in [0, 0.1) is 3.57 Å². The molecule has 1 amide bonds. The highest BCUT2D eigenvalue weighted by molar-refractivity contribution is 14.1. The number of nitrogens with one attached hydrogen (secondary N) is 1. The van der Waals surface area contributed by atoms with Gasteiger partial charge < -0.3 is 24.4 Å². The lowest BCUT2D eigenvalue weighted by atomic mass is 10.2. The number of alkyl halides is 2. The average molecular weight is 1010 g/mol. The third kappa shape index (κ3) is 18.9. The Morgan fingerprint density at radius 1 is 0.576 bits per heavy atom. The number of carboxylic acids is 2. The van der Waals surface area contributed by atoms with E-state index in [9.17, 15) is 14.4 Å². The minimum Gasteiger partial charge on any atom is -0.497 e. The summed E-state index contributed by atoms with van der Waals surface area (Å²) in [4.78, 5) is 37.5. The van der Waals surface area contributed by atoms with Gasteiger partial charge in [0, 0.05) is 28.0 Å². The number of rotatable bonds is 10. The summed E-state index contributed by atoms with van der Waals surface area (Å²) in [7, 11) is 4.87. The SMILES string of the molecule is COc1ccc(S)cc1.COc1ccc(Sc2ccccc2C(=O)NO)cc1.COc1ccc(Sc2ccccc2C(=O)O)cc1.ClCCl.O=C(O)c1ccccc1I. The Morgan fingerprint density at radius 2 is 0.915 bits per heavy atom. The third-order valence-corrected chi connectivity index (χ3v) is 10.5. The maximum absolute atomic E-state index is 11.5. The lowest BCUT2D eigenvalue weighted by Crippen LogP contribution is -2.19. The number of carboxylic acid groups (broad SMARTS) is 2. The van der Waals surface area contributed by atoms with E-state index in [1.165, 1.54) is 23.5 Å². The van der Waals surface area contributed by atoms with E-state index in [2.05, 4.69) is 12.6 Å². The number of benzene rings is 6. The van der Waals surface area contributed by atoms with Crippen LogP contribution in [0.4, 0.5) is 0 Å². The van der Waals surface area contributed by atoms with Gasteiger partial charge in [-0.15, -0.1) is 35.8 Å². The van der Waals surface area contributed by atoms with Crippen molar-refractivity contribution in [3.8, 4) is 17.2 Å². The molecule has 0 aromatic heterocycles. The van der Waals surface area contributed by atoms with Crippen LogP contribution in [0.15, 0.2) is 170 Å². The minimum absolute atomic E-state index is 0.194. The fourth-order valence-corrected chi connectivity index (χ4v) is 6.94. The van der Waals surface area contributed by atoms with Crippen molar-refractivity contribution < 1.29 is 44.0 Å². The number of halogens is 3. The van der Waals surface area contributed by atoms with Crippen LogP contribution in [-0.2, 0) is 0 Å². The second-order valence-corrected chi connectivity index (χ2v) is 15.6. The van der Waals surface area contributed by atoms with Crippen molar-refractivity contribution in [3.05, 3.63) is 166 Å². The Labute approximate surface area is 380 Å². The average Bonchev–Trinajstić information content (AvgIpc) is 3.25. The molecule has 0 atom stereocenters. The molecule has 6 aromatic carbocycles. The van der Waals surface area contributed by atoms with Crippen molar-refractivity contribution in [2.45, 2.75) is 24.5 Å². The van der Waals surface area contributed by atoms with Crippen LogP contribution in [-0.4, -0.2) is 59.9 Å². The first-order valence-electron chi connectivity index (χ1n) is 16.8. The first-order chi connectivity index (χ1) is 28.4. The number of aromatic carboxylic acids is 2. The molecule has 0 heterocycles. The molecule has 4 N–H and O–H groups in total. The van der Waals surface area contributed by atoms with Crippen LogP contribution in [0.2, 0.25) is 0 Å². The molecule has 0 spiro atoms. The Kier molecular flexibility index (Phi) is 24.7. The highest BCUT2D eigenvalue weighted by Crippen LogP contribution is 2.32. The summed E-state index contributed by atoms with van der Waals surface area (Å²) < 4.78 is 15.9. The number of carbonyl (C=O) groups excluding carboxylic acids is 1. The molecule has 59 heavy (non-hydrogen) atoms. The van der Waals surface area contributed by atoms with Gasteiger partial charge in [0.05, 0.1) is 43.4 Å². The molecular weight excluding hydrogens is 968 g/mol. The molecule has 0 fully saturated rings. The lowest BCUT2D eigenvalue weighted by molar-refractivity contribution is 0.0683. The molecule has 0 saturated carbocycles. The van der Waals surface area contributed by atoms with E-state index in [-0.39, 0.29) is 5.34 Å². The summed E-state index contributed by atoms with van der Waals surface area (Å²) in [5, 5.41) is 26.6. The van der Waals surface area contributed by atoms with Crippen LogP contribution in [0.25, 0.3) is 0 Å². The zero-order valence-corrected chi connectivity index (χ0v) is 37.9. The second kappa shape index (κ2) is 28.8. The summed E-state index contributed by atoms with van der Waals surface area (Å²) in [6.07, 6.45) is 0. The van der Waals surface area contributed by atoms with Crippen molar-refractivity contribution in [2.75, 3.05) is 26.7 Å². The first kappa shape index (κ1) is 50.6. The molecule has 0 saturated heterocycles. The molecule has 0 unspecified atom stereocenters. The lowest BCUT2D eigenvalue weighted by Gasteiger charge is -2.07. The molecular formula is C43H40Cl2INO9S3. The van der Waals surface area contributed by atoms with Gasteiger partial charge in [-0.1, -0.05) is 59.9 Å². The van der Waals surface area contributed by atoms with Crippen molar-refractivity contribution in [2.24, 2.45) is 0 Å². The van der Waals surface area contributed by atoms with E-state index in [0.717, 1.165) is 45.3 Å². The summed E-state index contributed by atoms with van der Waals surface area (Å²) in [5.74, 6) is 0.137. The highest BCUT2D eigenvalue weighted by Gasteiger charge is 2.12. The Morgan fingerprint density at radius 3 is 1.27 bits per heavy atom. The van der Waals surface area contributed by atoms with E-state index >= 15 is 0 Å². The zero-order chi connectivity index (χ0) is 43.6. The Bertz CT molecular complexity index is 2180. The topological polar surface area (TPSA) is 152 Å². The van der Waals surface area contributed by atoms with Crippen LogP contribution in [0.1, 0.15) is 31.1 Å². The van der Waals surface area contributed by atoms with Crippen LogP contribution in [0.5, 0.6) is 17.2 Å². The zero-order valence-electron chi connectivity index (χ0n) is 31.8. The molecule has 310 valence electrons. The number of hydrogen-bond donors (Lipinski definition) is 5. The van der Waals surface area contributed by atoms with Gasteiger partial charge in [-0.2, -0.15) is 0 Å². The molecule has 6 aromatic rings. The van der Waals surface area contributed by atoms with Gasteiger partial charge in [0.2, 0.25) is 0 Å². The fourth-order valence-electron chi connectivity index (χ4n) is 4.29. The number of ether oxygens (including phenoxy) is 3. The van der Waals surface area contributed by atoms with Crippen molar-refractivity contribution in [1.82, 2.24) is 5.48 Å². The number of thiol groups is 1. The highest BCUT2D eigenvalue weighted by atomic mass is 127. The first-order valence-corrected chi connectivity index (χ1v) is 21.1. The van der Waals surface area contributed by atoms with Crippen LogP contribution < -0.4 is 19.7 Å². The standard InChI is InChI=1S/C14H13NO3S.C14H12O3S.C7H5IO2.C7H8OS.CH2Cl2/c1-18-10-6-8-11(9-7-10)19-13-5-3-2-4-12(13)14(16)15-17;1-17-10-6-8-11(9-7-10)18-13-5-3-2-4-12(13)14(15)16;8-6-4-2-1-3-5(6)7(9)10;1-8-6-2-4-7(9)5-3-6;2-1-3/h2-9,17H,1H3,(H,15,16);2-9H,1H3,(H,15,16);1-4H,(H,9,10);2-5,9H,1H3;1H2. The monoisotopic (exact) mass is 1010 g/mol. The molecule has 0 radical (unpaired) electrons. The van der Waals surface area contributed by atoms with E-state index < -0.39 is 17.8 Å². The van der Waals surface area contributed by atoms with Gasteiger partial charge in [-0.25, -0.2) is 15.1 Å². The van der Waals surface area contributed by atoms with E-state index in [1.807, 2.05) is 120 Å². The minimum atomic E-state index is -0.911. The molecule has 16 heteroatoms. The Hall–Kier alpha value is -4.55. The predicted molar refractivity (Wildman–Crippen MR) is 246 cm³/mol. The van der Waals surface area contributed by atoms with Gasteiger partial charge in [0.1, 0.15) is 17.2 Å². The van der Waals surface area contributed by atoms with Crippen molar-refractivity contribution in [3.63, 3.8) is 0 Å². The fraction of sp³-hybridized carbons (Fsp3) is 0.0930. The normalized spacial score (nSPS) is 9.56. The maximum Gasteiger partial charge on any atom is 0.336 e. The van der Waals surface area contributed by atoms with Crippen LogP contribution in [0.3, 0.4) is 0 Å². The summed E-state index contributed by atoms with van der Waals surface area (Å²) in [6.45, 7) is 0. The number of hydrogen-bond acceptors (Lipinski definition) is 10. The molecule has 0 aliphatic carbocycles. The Balaban J connectivity index is 0.000000277. The molecule has 0 bridgehead atoms. The van der Waals surface area contributed by atoms with E-state index in [4.69, 9.17) is 52.8 Å². The molecule has 0 aliphatic heterocycles. The quantitative estimate of drug-likeness (QED) is 0.0293. The molecule has 0 aliphatic rings. The number of amides is 1. The maximum atomic E-state index is 11.5. The van der Waals surface area contributed by atoms with Gasteiger partial charge in [0.25, 0.3) is 5.91 Å². The van der Waals surface area contributed by atoms with Crippen molar-refractivity contribution >= 4 is 99.8 Å². The van der Waals surface area contributed by atoms with Crippen molar-refractivity contribution in [1.29, 1.82) is 0 Å². The third-order valence-electron chi connectivity index (χ3n) is 7.10. The van der Waals surface area contributed by atoms with E-state index in [1.54, 1.807) is 75.3 Å². The summed E-state index contributed by atoms with van der Waals surface area (Å²) in [5.41, 5.74) is 2.77. The summed E-state index contributed by atoms with van der Waals surface area (Å²) >= 11 is 18.5. The van der Waals surface area contributed by atoms with Gasteiger partial charge >= 0.3 is 11.9 Å². The largest absolute Gasteiger partial charge is 0.497 e. The molecule has 10 nitrogen and oxygen atoms in total. The second-order valence-electron chi connectivity index (χ2n) is 10.9. The number of methoxy groups -OCH3 is 3. The number of carbonyl (C=O) groups is 3. The van der Waals surface area contributed by atoms with E-state index in [0.29, 0.717) is 16.7 Å². The van der Waals surface area contributed by atoms with Gasteiger partial charge in [-0.05, 0) is 132 Å². The predicted octanol–water partition coefficient (Wildman–Crippen LogP) is 11.9. The molecule has 6 rings (SSSR count). The van der Waals surface area contributed by atoms with Crippen LogP contribution >= 0.6 is 81.9 Å². The van der Waals surface area contributed by atoms with Gasteiger partial charge in [-0.3, -0.25) is 10.0 Å². The van der Waals surface area contributed by atoms with Gasteiger partial charge in [0.15, 0.2) is 0 Å². The number of hydroxylamine groups is 1. The summed E-state index contributed by atoms with van der Waals surface area (Å²) in [6, 6.07) is 43.5. The smallest absolute Gasteiger partial charge is 0.336 e.